The summed E-state index contributed by atoms with van der Waals surface area (Å²) < 4.78 is 42.8. The lowest BCUT2D eigenvalue weighted by molar-refractivity contribution is -0.137. The van der Waals surface area contributed by atoms with E-state index in [4.69, 9.17) is 0 Å². The number of aromatic nitrogens is 7. The lowest BCUT2D eigenvalue weighted by atomic mass is 10.1. The third kappa shape index (κ3) is 4.32. The van der Waals surface area contributed by atoms with Crippen LogP contribution < -0.4 is 5.69 Å². The Morgan fingerprint density at radius 2 is 1.81 bits per heavy atom. The molecule has 2 aromatic heterocycles. The summed E-state index contributed by atoms with van der Waals surface area (Å²) in [6.07, 6.45) is -2.50. The molecule has 0 unspecified atom stereocenters. The predicted molar refractivity (Wildman–Crippen MR) is 110 cm³/mol. The molecule has 0 atom stereocenters. The molecule has 11 heteroatoms. The Bertz CT molecular complexity index is 1240. The molecule has 8 nitrogen and oxygen atoms in total. The summed E-state index contributed by atoms with van der Waals surface area (Å²) in [5.74, 6) is 0.880. The van der Waals surface area contributed by atoms with Gasteiger partial charge >= 0.3 is 11.9 Å². The van der Waals surface area contributed by atoms with Crippen molar-refractivity contribution in [1.82, 2.24) is 35.0 Å². The number of hydrogen-bond donors (Lipinski definition) is 1. The number of halogens is 3. The largest absolute Gasteiger partial charge is 0.418 e. The minimum atomic E-state index is -4.60. The SMILES string of the molecule is CCCCc1nn(-c2ccccc2C(F)(F)F)c(=O)n1Cc1ccc(-c2nn[nH]n2)cc1. The number of nitrogens with zero attached hydrogens (tertiary/aromatic N) is 6. The van der Waals surface area contributed by atoms with Crippen LogP contribution in [0.2, 0.25) is 0 Å². The van der Waals surface area contributed by atoms with Gasteiger partial charge in [0.05, 0.1) is 17.8 Å². The fourth-order valence-corrected chi connectivity index (χ4v) is 3.40. The smallest absolute Gasteiger partial charge is 0.274 e. The van der Waals surface area contributed by atoms with Crippen molar-refractivity contribution in [3.05, 3.63) is 76.0 Å². The maximum Gasteiger partial charge on any atom is 0.418 e. The Morgan fingerprint density at radius 3 is 2.47 bits per heavy atom. The highest BCUT2D eigenvalue weighted by molar-refractivity contribution is 5.54. The Hall–Kier alpha value is -3.76. The van der Waals surface area contributed by atoms with E-state index < -0.39 is 17.4 Å². The topological polar surface area (TPSA) is 94.3 Å². The number of tetrazole rings is 1. The maximum absolute atomic E-state index is 13.5. The molecule has 0 aliphatic rings. The summed E-state index contributed by atoms with van der Waals surface area (Å²) in [6, 6.07) is 12.1. The summed E-state index contributed by atoms with van der Waals surface area (Å²) in [4.78, 5) is 13.2. The van der Waals surface area contributed by atoms with Gasteiger partial charge in [0.2, 0.25) is 5.82 Å². The second-order valence-corrected chi connectivity index (χ2v) is 7.25. The molecule has 4 rings (SSSR count). The molecule has 0 saturated carbocycles. The van der Waals surface area contributed by atoms with Crippen LogP contribution in [0.15, 0.2) is 53.3 Å². The van der Waals surface area contributed by atoms with Gasteiger partial charge in [-0.15, -0.1) is 15.3 Å². The van der Waals surface area contributed by atoms with E-state index in [1.165, 1.54) is 22.8 Å². The van der Waals surface area contributed by atoms with Gasteiger partial charge in [-0.25, -0.2) is 4.79 Å². The summed E-state index contributed by atoms with van der Waals surface area (Å²) in [5, 5.41) is 18.0. The number of alkyl halides is 3. The molecular formula is C21H20F3N7O. The summed E-state index contributed by atoms with van der Waals surface area (Å²) in [6.45, 7) is 2.17. The number of aryl methyl sites for hydroxylation is 1. The minimum Gasteiger partial charge on any atom is -0.274 e. The van der Waals surface area contributed by atoms with E-state index >= 15 is 0 Å². The van der Waals surface area contributed by atoms with Crippen molar-refractivity contribution in [3.8, 4) is 17.1 Å². The third-order valence-electron chi connectivity index (χ3n) is 5.03. The maximum atomic E-state index is 13.5. The van der Waals surface area contributed by atoms with Gasteiger partial charge in [-0.05, 0) is 29.3 Å². The lowest BCUT2D eigenvalue weighted by Crippen LogP contribution is -2.26. The molecule has 32 heavy (non-hydrogen) atoms. The van der Waals surface area contributed by atoms with E-state index in [9.17, 15) is 18.0 Å². The number of para-hydroxylation sites is 1. The Labute approximate surface area is 180 Å². The van der Waals surface area contributed by atoms with E-state index in [2.05, 4.69) is 25.7 Å². The molecular weight excluding hydrogens is 423 g/mol. The molecule has 0 spiro atoms. The number of hydrogen-bond acceptors (Lipinski definition) is 5. The molecule has 4 aromatic rings. The second kappa shape index (κ2) is 8.77. The van der Waals surface area contributed by atoms with Gasteiger partial charge < -0.3 is 0 Å². The zero-order valence-electron chi connectivity index (χ0n) is 17.2. The Kier molecular flexibility index (Phi) is 5.89. The Morgan fingerprint density at radius 1 is 1.06 bits per heavy atom. The third-order valence-corrected chi connectivity index (χ3v) is 5.03. The van der Waals surface area contributed by atoms with E-state index in [-0.39, 0.29) is 12.2 Å². The number of nitrogens with one attached hydrogen (secondary N) is 1. The first-order chi connectivity index (χ1) is 15.4. The van der Waals surface area contributed by atoms with Gasteiger partial charge in [-0.3, -0.25) is 4.57 Å². The van der Waals surface area contributed by atoms with Gasteiger partial charge in [-0.2, -0.15) is 23.1 Å². The number of rotatable bonds is 7. The van der Waals surface area contributed by atoms with Crippen LogP contribution in [-0.2, 0) is 19.1 Å². The fourth-order valence-electron chi connectivity index (χ4n) is 3.40. The number of aromatic amines is 1. The van der Waals surface area contributed by atoms with E-state index in [0.717, 1.165) is 34.7 Å². The lowest BCUT2D eigenvalue weighted by Gasteiger charge is -2.11. The zero-order chi connectivity index (χ0) is 22.7. The minimum absolute atomic E-state index is 0.179. The number of benzene rings is 2. The molecule has 0 amide bonds. The van der Waals surface area contributed by atoms with Crippen molar-refractivity contribution in [1.29, 1.82) is 0 Å². The quantitative estimate of drug-likeness (QED) is 0.471. The van der Waals surface area contributed by atoms with Crippen LogP contribution in [0.1, 0.15) is 36.7 Å². The van der Waals surface area contributed by atoms with E-state index in [0.29, 0.717) is 18.1 Å². The van der Waals surface area contributed by atoms with Gasteiger partial charge in [0, 0.05) is 12.0 Å². The van der Waals surface area contributed by atoms with Crippen molar-refractivity contribution in [2.75, 3.05) is 0 Å². The van der Waals surface area contributed by atoms with Crippen LogP contribution in [-0.4, -0.2) is 35.0 Å². The van der Waals surface area contributed by atoms with Gasteiger partial charge in [-0.1, -0.05) is 49.7 Å². The average Bonchev–Trinajstić information content (AvgIpc) is 3.42. The van der Waals surface area contributed by atoms with Crippen LogP contribution in [0.4, 0.5) is 13.2 Å². The predicted octanol–water partition coefficient (Wildman–Crippen LogP) is 3.62. The molecule has 0 radical (unpaired) electrons. The molecule has 0 fully saturated rings. The van der Waals surface area contributed by atoms with Crippen LogP contribution in [0, 0.1) is 0 Å². The van der Waals surface area contributed by atoms with Crippen molar-refractivity contribution in [3.63, 3.8) is 0 Å². The fraction of sp³-hybridized carbons (Fsp3) is 0.286. The zero-order valence-corrected chi connectivity index (χ0v) is 17.2. The monoisotopic (exact) mass is 443 g/mol. The van der Waals surface area contributed by atoms with Gasteiger partial charge in [0.1, 0.15) is 5.82 Å². The second-order valence-electron chi connectivity index (χ2n) is 7.25. The summed E-state index contributed by atoms with van der Waals surface area (Å²) in [5.41, 5.74) is -0.265. The average molecular weight is 443 g/mol. The molecule has 1 N–H and O–H groups in total. The molecule has 0 aliphatic heterocycles. The van der Waals surface area contributed by atoms with Crippen molar-refractivity contribution in [2.24, 2.45) is 0 Å². The molecule has 166 valence electrons. The molecule has 0 saturated heterocycles. The highest BCUT2D eigenvalue weighted by Gasteiger charge is 2.34. The first kappa shape index (κ1) is 21.5. The normalized spacial score (nSPS) is 11.8. The summed E-state index contributed by atoms with van der Waals surface area (Å²) >= 11 is 0. The van der Waals surface area contributed by atoms with Crippen LogP contribution in [0.5, 0.6) is 0 Å². The molecule has 2 heterocycles. The van der Waals surface area contributed by atoms with Crippen LogP contribution >= 0.6 is 0 Å². The highest BCUT2D eigenvalue weighted by Crippen LogP contribution is 2.33. The summed E-state index contributed by atoms with van der Waals surface area (Å²) in [7, 11) is 0. The molecule has 2 aromatic carbocycles. The first-order valence-corrected chi connectivity index (χ1v) is 10.1. The van der Waals surface area contributed by atoms with Gasteiger partial charge in [0.25, 0.3) is 0 Å². The van der Waals surface area contributed by atoms with Crippen molar-refractivity contribution in [2.45, 2.75) is 38.9 Å². The standard InChI is InChI=1S/C21H20F3N7O/c1-2-3-8-18-27-31(17-7-5-4-6-16(17)21(22,23)24)20(32)30(18)13-14-9-11-15(12-10-14)19-25-28-29-26-19/h4-7,9-12H,2-3,8,13H2,1H3,(H,25,26,28,29). The van der Waals surface area contributed by atoms with E-state index in [1.807, 2.05) is 19.1 Å². The number of unbranched alkanes of at least 4 members (excludes halogenated alkanes) is 1. The molecule has 0 aliphatic carbocycles. The van der Waals surface area contributed by atoms with Crippen molar-refractivity contribution < 1.29 is 13.2 Å². The van der Waals surface area contributed by atoms with Crippen molar-refractivity contribution >= 4 is 0 Å². The van der Waals surface area contributed by atoms with Crippen LogP contribution in [0.25, 0.3) is 17.1 Å². The highest BCUT2D eigenvalue weighted by atomic mass is 19.4. The number of H-pyrrole nitrogens is 1. The van der Waals surface area contributed by atoms with E-state index in [1.54, 1.807) is 12.1 Å². The van der Waals surface area contributed by atoms with Crippen LogP contribution in [0.3, 0.4) is 0 Å². The molecule has 0 bridgehead atoms. The Balaban J connectivity index is 1.73. The van der Waals surface area contributed by atoms with Gasteiger partial charge in [0.15, 0.2) is 0 Å². The first-order valence-electron chi connectivity index (χ1n) is 10.1.